The van der Waals surface area contributed by atoms with Crippen molar-refractivity contribution in [2.45, 2.75) is 37.8 Å². The molecule has 2 atom stereocenters. The summed E-state index contributed by atoms with van der Waals surface area (Å²) in [6, 6.07) is 12.7. The maximum atomic E-state index is 13.1. The summed E-state index contributed by atoms with van der Waals surface area (Å²) >= 11 is 0. The minimum absolute atomic E-state index is 0.0619. The Hall–Kier alpha value is -2.37. The molecule has 2 fully saturated rings. The van der Waals surface area contributed by atoms with E-state index in [2.05, 4.69) is 23.9 Å². The molecule has 2 heterocycles. The molecule has 2 saturated heterocycles. The summed E-state index contributed by atoms with van der Waals surface area (Å²) in [5.74, 6) is 1.61. The Morgan fingerprint density at radius 3 is 1.63 bits per heavy atom. The lowest BCUT2D eigenvalue weighted by molar-refractivity contribution is 0.104. The lowest BCUT2D eigenvalue weighted by atomic mass is 10.1. The number of likely N-dealkylation sites (N-methyl/N-ethyl adjacent to an activating group) is 2. The highest BCUT2D eigenvalue weighted by Gasteiger charge is 2.29. The van der Waals surface area contributed by atoms with E-state index in [1.807, 2.05) is 36.4 Å². The predicted octanol–water partition coefficient (Wildman–Crippen LogP) is 3.84. The summed E-state index contributed by atoms with van der Waals surface area (Å²) in [7, 11) is 4.29. The quantitative estimate of drug-likeness (QED) is 0.622. The molecule has 2 aliphatic heterocycles. The topological polar surface area (TPSA) is 42.0 Å². The second-order valence-corrected chi connectivity index (χ2v) is 8.92. The monoisotopic (exact) mass is 406 g/mol. The fraction of sp³-hybridized carbons (Fsp3) is 0.480. The van der Waals surface area contributed by atoms with Gasteiger partial charge in [-0.05, 0) is 100 Å². The maximum absolute atomic E-state index is 13.1. The van der Waals surface area contributed by atoms with Crippen LogP contribution in [0.5, 0.6) is 11.5 Å². The number of ether oxygens (including phenoxy) is 2. The summed E-state index contributed by atoms with van der Waals surface area (Å²) < 4.78 is 12.1. The van der Waals surface area contributed by atoms with Crippen molar-refractivity contribution >= 4 is 5.78 Å². The first-order chi connectivity index (χ1) is 14.6. The summed E-state index contributed by atoms with van der Waals surface area (Å²) in [5.41, 5.74) is 3.44. The standard InChI is InChI=1S/C25H30N2O3/c1-26-11-3-5-17(26)15-29-19-7-9-21-22-10-8-20(14-24(22)25(28)23(21)13-19)30-16-18-6-4-12-27(18)2/h7-10,13-14,17-18H,3-6,11-12,15-16H2,1-2H3/t17-,18-/m1/s1. The molecular weight excluding hydrogens is 376 g/mol. The third-order valence-corrected chi connectivity index (χ3v) is 6.99. The molecule has 1 aliphatic carbocycles. The smallest absolute Gasteiger partial charge is 0.194 e. The number of carbonyl (C=O) groups excluding carboxylic acids is 1. The van der Waals surface area contributed by atoms with E-state index < -0.39 is 0 Å². The number of rotatable bonds is 6. The highest BCUT2D eigenvalue weighted by Crippen LogP contribution is 2.40. The van der Waals surface area contributed by atoms with E-state index in [1.54, 1.807) is 0 Å². The third-order valence-electron chi connectivity index (χ3n) is 6.99. The van der Waals surface area contributed by atoms with Gasteiger partial charge in [-0.1, -0.05) is 0 Å². The molecule has 30 heavy (non-hydrogen) atoms. The predicted molar refractivity (Wildman–Crippen MR) is 118 cm³/mol. The van der Waals surface area contributed by atoms with Gasteiger partial charge in [-0.3, -0.25) is 4.79 Å². The van der Waals surface area contributed by atoms with Gasteiger partial charge in [-0.15, -0.1) is 0 Å². The molecule has 2 aromatic rings. The van der Waals surface area contributed by atoms with Gasteiger partial charge >= 0.3 is 0 Å². The molecular formula is C25H30N2O3. The number of fused-ring (bicyclic) bond motifs is 3. The van der Waals surface area contributed by atoms with E-state index in [1.165, 1.54) is 25.7 Å². The molecule has 0 radical (unpaired) electrons. The number of hydrogen-bond acceptors (Lipinski definition) is 5. The molecule has 5 nitrogen and oxygen atoms in total. The number of benzene rings is 2. The zero-order chi connectivity index (χ0) is 20.7. The Balaban J connectivity index is 1.29. The molecule has 0 spiro atoms. The van der Waals surface area contributed by atoms with Crippen LogP contribution in [0.25, 0.3) is 11.1 Å². The van der Waals surface area contributed by atoms with Crippen molar-refractivity contribution in [3.63, 3.8) is 0 Å². The van der Waals surface area contributed by atoms with Gasteiger partial charge in [-0.25, -0.2) is 0 Å². The van der Waals surface area contributed by atoms with E-state index in [0.29, 0.717) is 25.3 Å². The van der Waals surface area contributed by atoms with Crippen LogP contribution in [-0.4, -0.2) is 68.1 Å². The lowest BCUT2D eigenvalue weighted by Gasteiger charge is -2.19. The normalized spacial score (nSPS) is 23.6. The highest BCUT2D eigenvalue weighted by molar-refractivity contribution is 6.22. The van der Waals surface area contributed by atoms with Crippen molar-refractivity contribution in [1.29, 1.82) is 0 Å². The van der Waals surface area contributed by atoms with Crippen molar-refractivity contribution in [2.75, 3.05) is 40.4 Å². The van der Waals surface area contributed by atoms with Crippen molar-refractivity contribution in [2.24, 2.45) is 0 Å². The molecule has 0 N–H and O–H groups in total. The molecule has 0 saturated carbocycles. The van der Waals surface area contributed by atoms with E-state index in [4.69, 9.17) is 9.47 Å². The molecule has 5 rings (SSSR count). The summed E-state index contributed by atoms with van der Waals surface area (Å²) in [6.07, 6.45) is 4.80. The van der Waals surface area contributed by atoms with Crippen molar-refractivity contribution in [3.05, 3.63) is 47.5 Å². The van der Waals surface area contributed by atoms with Crippen LogP contribution in [0.1, 0.15) is 41.6 Å². The fourth-order valence-corrected chi connectivity index (χ4v) is 4.98. The summed E-state index contributed by atoms with van der Waals surface area (Å²) in [6.45, 7) is 3.61. The van der Waals surface area contributed by atoms with E-state index in [0.717, 1.165) is 46.8 Å². The van der Waals surface area contributed by atoms with Gasteiger partial charge in [-0.2, -0.15) is 0 Å². The van der Waals surface area contributed by atoms with E-state index >= 15 is 0 Å². The minimum atomic E-state index is 0.0619. The Morgan fingerprint density at radius 2 is 1.23 bits per heavy atom. The van der Waals surface area contributed by atoms with Crippen molar-refractivity contribution in [1.82, 2.24) is 9.80 Å². The number of ketones is 1. The first-order valence-electron chi connectivity index (χ1n) is 11.1. The first kappa shape index (κ1) is 19.6. The maximum Gasteiger partial charge on any atom is 0.194 e. The molecule has 0 amide bonds. The number of nitrogens with zero attached hydrogens (tertiary/aromatic N) is 2. The molecule has 0 aromatic heterocycles. The van der Waals surface area contributed by atoms with Gasteiger partial charge in [0.15, 0.2) is 5.78 Å². The SMILES string of the molecule is CN1CCC[C@@H]1COc1ccc2c(c1)C(=O)c1cc(OC[C@H]3CCCN3C)ccc1-2. The Kier molecular flexibility index (Phi) is 5.25. The van der Waals surface area contributed by atoms with Crippen LogP contribution in [0.15, 0.2) is 36.4 Å². The first-order valence-corrected chi connectivity index (χ1v) is 11.1. The highest BCUT2D eigenvalue weighted by atomic mass is 16.5. The van der Waals surface area contributed by atoms with Gasteiger partial charge in [0.05, 0.1) is 0 Å². The minimum Gasteiger partial charge on any atom is -0.492 e. The van der Waals surface area contributed by atoms with Crippen molar-refractivity contribution in [3.8, 4) is 22.6 Å². The fourth-order valence-electron chi connectivity index (χ4n) is 4.98. The zero-order valence-electron chi connectivity index (χ0n) is 17.9. The average molecular weight is 407 g/mol. The van der Waals surface area contributed by atoms with Gasteiger partial charge in [0.2, 0.25) is 0 Å². The van der Waals surface area contributed by atoms with Gasteiger partial charge in [0.25, 0.3) is 0 Å². The number of hydrogen-bond donors (Lipinski definition) is 0. The van der Waals surface area contributed by atoms with Crippen LogP contribution in [-0.2, 0) is 0 Å². The molecule has 0 bridgehead atoms. The summed E-state index contributed by atoms with van der Waals surface area (Å²) in [5, 5.41) is 0. The summed E-state index contributed by atoms with van der Waals surface area (Å²) in [4.78, 5) is 17.8. The lowest BCUT2D eigenvalue weighted by Crippen LogP contribution is -2.30. The Bertz CT molecular complexity index is 882. The van der Waals surface area contributed by atoms with Crippen LogP contribution in [0, 0.1) is 0 Å². The number of likely N-dealkylation sites (tertiary alicyclic amines) is 2. The van der Waals surface area contributed by atoms with Crippen LogP contribution in [0.4, 0.5) is 0 Å². The van der Waals surface area contributed by atoms with Crippen LogP contribution >= 0.6 is 0 Å². The van der Waals surface area contributed by atoms with E-state index in [9.17, 15) is 4.79 Å². The molecule has 0 unspecified atom stereocenters. The largest absolute Gasteiger partial charge is 0.492 e. The third kappa shape index (κ3) is 3.61. The van der Waals surface area contributed by atoms with Crippen LogP contribution in [0.3, 0.4) is 0 Å². The zero-order valence-corrected chi connectivity index (χ0v) is 17.9. The second kappa shape index (κ2) is 8.05. The van der Waals surface area contributed by atoms with Gasteiger partial charge < -0.3 is 19.3 Å². The Morgan fingerprint density at radius 1 is 0.767 bits per heavy atom. The molecule has 2 aromatic carbocycles. The van der Waals surface area contributed by atoms with Crippen LogP contribution in [0.2, 0.25) is 0 Å². The number of carbonyl (C=O) groups is 1. The second-order valence-electron chi connectivity index (χ2n) is 8.92. The Labute approximate surface area is 178 Å². The molecule has 158 valence electrons. The average Bonchev–Trinajstić information content (AvgIpc) is 3.43. The molecule has 3 aliphatic rings. The van der Waals surface area contributed by atoms with Crippen LogP contribution < -0.4 is 9.47 Å². The molecule has 5 heteroatoms. The van der Waals surface area contributed by atoms with Gasteiger partial charge in [0, 0.05) is 23.2 Å². The van der Waals surface area contributed by atoms with Gasteiger partial charge in [0.1, 0.15) is 24.7 Å². The van der Waals surface area contributed by atoms with Crippen molar-refractivity contribution < 1.29 is 14.3 Å². The van der Waals surface area contributed by atoms with E-state index in [-0.39, 0.29) is 5.78 Å².